The van der Waals surface area contributed by atoms with Gasteiger partial charge in [-0.1, -0.05) is 0 Å². The Hall–Kier alpha value is -0.940. The van der Waals surface area contributed by atoms with Gasteiger partial charge in [-0.3, -0.25) is 0 Å². The second-order valence-corrected chi connectivity index (χ2v) is 3.37. The summed E-state index contributed by atoms with van der Waals surface area (Å²) in [5, 5.41) is 0. The first-order chi connectivity index (χ1) is 5.60. The second-order valence-electron chi connectivity index (χ2n) is 3.37. The van der Waals surface area contributed by atoms with Crippen LogP contribution < -0.4 is 0 Å². The van der Waals surface area contributed by atoms with Gasteiger partial charge in [-0.2, -0.15) is 13.2 Å². The van der Waals surface area contributed by atoms with Crippen molar-refractivity contribution in [3.05, 3.63) is 0 Å². The minimum Gasteiger partial charge on any atom is -0.429 e. The molecule has 0 aliphatic carbocycles. The van der Waals surface area contributed by atoms with Crippen molar-refractivity contribution in [3.8, 4) is 0 Å². The lowest BCUT2D eigenvalue weighted by Crippen LogP contribution is -2.27. The maximum atomic E-state index is 11.5. The smallest absolute Gasteiger partial charge is 0.429 e. The largest absolute Gasteiger partial charge is 0.509 e. The molecule has 0 fully saturated rings. The highest BCUT2D eigenvalue weighted by molar-refractivity contribution is 5.60. The molecule has 0 aromatic rings. The average Bonchev–Trinajstić information content (AvgIpc) is 1.78. The highest BCUT2D eigenvalue weighted by atomic mass is 19.4. The minimum atomic E-state index is -4.52. The summed E-state index contributed by atoms with van der Waals surface area (Å²) in [4.78, 5) is 10.6. The summed E-state index contributed by atoms with van der Waals surface area (Å²) < 4.78 is 42.8. The van der Waals surface area contributed by atoms with Crippen LogP contribution in [0, 0.1) is 0 Å². The molecule has 3 nitrogen and oxygen atoms in total. The summed E-state index contributed by atoms with van der Waals surface area (Å²) in [6.45, 7) is 2.97. The normalized spacial score (nSPS) is 12.5. The molecular formula is C7H11F3O3. The molecule has 0 radical (unpaired) electrons. The van der Waals surface area contributed by atoms with Crippen molar-refractivity contribution in [2.45, 2.75) is 32.5 Å². The molecule has 0 N–H and O–H groups in total. The number of carbonyl (C=O) groups is 1. The lowest BCUT2D eigenvalue weighted by atomic mass is 10.2. The third kappa shape index (κ3) is 8.97. The molecule has 0 saturated heterocycles. The van der Waals surface area contributed by atoms with Crippen LogP contribution in [0.5, 0.6) is 0 Å². The monoisotopic (exact) mass is 200 g/mol. The number of hydrogen-bond donors (Lipinski definition) is 0. The van der Waals surface area contributed by atoms with Crippen molar-refractivity contribution in [2.24, 2.45) is 0 Å². The van der Waals surface area contributed by atoms with E-state index in [9.17, 15) is 18.0 Å². The fraction of sp³-hybridized carbons (Fsp3) is 0.857. The summed E-state index contributed by atoms with van der Waals surface area (Å²) in [7, 11) is 0. The van der Waals surface area contributed by atoms with Crippen LogP contribution in [0.1, 0.15) is 20.8 Å². The fourth-order valence-electron chi connectivity index (χ4n) is 0.420. The van der Waals surface area contributed by atoms with Gasteiger partial charge in [-0.25, -0.2) is 4.79 Å². The summed E-state index contributed by atoms with van der Waals surface area (Å²) >= 11 is 0. The van der Waals surface area contributed by atoms with Crippen molar-refractivity contribution in [1.29, 1.82) is 0 Å². The Morgan fingerprint density at radius 3 is 2.00 bits per heavy atom. The zero-order valence-corrected chi connectivity index (χ0v) is 7.57. The van der Waals surface area contributed by atoms with Gasteiger partial charge >= 0.3 is 12.3 Å². The Morgan fingerprint density at radius 1 is 1.23 bits per heavy atom. The van der Waals surface area contributed by atoms with E-state index in [-0.39, 0.29) is 0 Å². The molecule has 0 saturated carbocycles. The highest BCUT2D eigenvalue weighted by Gasteiger charge is 2.30. The predicted molar refractivity (Wildman–Crippen MR) is 38.2 cm³/mol. The van der Waals surface area contributed by atoms with E-state index in [0.717, 1.165) is 0 Å². The van der Waals surface area contributed by atoms with Gasteiger partial charge in [0.1, 0.15) is 5.60 Å². The molecule has 0 aliphatic rings. The van der Waals surface area contributed by atoms with Crippen molar-refractivity contribution >= 4 is 6.16 Å². The third-order valence-electron chi connectivity index (χ3n) is 0.743. The Labute approximate surface area is 73.8 Å². The van der Waals surface area contributed by atoms with Crippen LogP contribution in [0.4, 0.5) is 18.0 Å². The quantitative estimate of drug-likeness (QED) is 0.610. The minimum absolute atomic E-state index is 0.845. The van der Waals surface area contributed by atoms with Gasteiger partial charge in [-0.05, 0) is 20.8 Å². The zero-order valence-electron chi connectivity index (χ0n) is 7.57. The van der Waals surface area contributed by atoms with E-state index in [2.05, 4.69) is 9.47 Å². The van der Waals surface area contributed by atoms with Gasteiger partial charge in [0, 0.05) is 0 Å². The van der Waals surface area contributed by atoms with E-state index in [0.29, 0.717) is 0 Å². The van der Waals surface area contributed by atoms with E-state index in [1.54, 1.807) is 0 Å². The number of alkyl halides is 3. The molecule has 0 atom stereocenters. The molecule has 0 amide bonds. The first-order valence-corrected chi connectivity index (χ1v) is 3.53. The molecule has 0 bridgehead atoms. The molecule has 0 aromatic carbocycles. The lowest BCUT2D eigenvalue weighted by molar-refractivity contribution is -0.168. The summed E-state index contributed by atoms with van der Waals surface area (Å²) in [6, 6.07) is 0. The number of ether oxygens (including phenoxy) is 2. The number of carbonyl (C=O) groups excluding carboxylic acids is 1. The first kappa shape index (κ1) is 12.1. The molecule has 78 valence electrons. The number of rotatable bonds is 1. The Bertz CT molecular complexity index is 180. The van der Waals surface area contributed by atoms with E-state index in [1.807, 2.05) is 0 Å². The lowest BCUT2D eigenvalue weighted by Gasteiger charge is -2.19. The van der Waals surface area contributed by atoms with E-state index in [1.165, 1.54) is 20.8 Å². The van der Waals surface area contributed by atoms with Crippen LogP contribution in [0.3, 0.4) is 0 Å². The topological polar surface area (TPSA) is 35.5 Å². The van der Waals surface area contributed by atoms with Crippen molar-refractivity contribution in [3.63, 3.8) is 0 Å². The highest BCUT2D eigenvalue weighted by Crippen LogP contribution is 2.16. The van der Waals surface area contributed by atoms with E-state index < -0.39 is 24.5 Å². The van der Waals surface area contributed by atoms with Crippen LogP contribution in [-0.4, -0.2) is 24.5 Å². The van der Waals surface area contributed by atoms with Crippen LogP contribution >= 0.6 is 0 Å². The van der Waals surface area contributed by atoms with Crippen molar-refractivity contribution in [1.82, 2.24) is 0 Å². The third-order valence-corrected chi connectivity index (χ3v) is 0.743. The summed E-state index contributed by atoms with van der Waals surface area (Å²) in [6.07, 6.45) is -5.83. The van der Waals surface area contributed by atoms with Gasteiger partial charge in [0.05, 0.1) is 0 Å². The molecule has 0 aromatic heterocycles. The Morgan fingerprint density at radius 2 is 1.69 bits per heavy atom. The van der Waals surface area contributed by atoms with E-state index in [4.69, 9.17) is 0 Å². The van der Waals surface area contributed by atoms with Gasteiger partial charge in [0.25, 0.3) is 0 Å². The SMILES string of the molecule is CC(C)(C)OC(=O)OCC(F)(F)F. The summed E-state index contributed by atoms with van der Waals surface area (Å²) in [5.41, 5.74) is -0.845. The van der Waals surface area contributed by atoms with Crippen molar-refractivity contribution < 1.29 is 27.4 Å². The molecule has 0 unspecified atom stereocenters. The molecule has 0 aliphatic heterocycles. The van der Waals surface area contributed by atoms with Crippen LogP contribution in [0.2, 0.25) is 0 Å². The standard InChI is InChI=1S/C7H11F3O3/c1-6(2,3)13-5(11)12-4-7(8,9)10/h4H2,1-3H3. The average molecular weight is 200 g/mol. The van der Waals surface area contributed by atoms with Crippen LogP contribution in [-0.2, 0) is 9.47 Å². The molecular weight excluding hydrogens is 189 g/mol. The van der Waals surface area contributed by atoms with Crippen molar-refractivity contribution in [2.75, 3.05) is 6.61 Å². The van der Waals surface area contributed by atoms with Gasteiger partial charge in [0.2, 0.25) is 0 Å². The zero-order chi connectivity index (χ0) is 10.7. The maximum absolute atomic E-state index is 11.5. The molecule has 6 heteroatoms. The van der Waals surface area contributed by atoms with Crippen LogP contribution in [0.15, 0.2) is 0 Å². The van der Waals surface area contributed by atoms with Crippen LogP contribution in [0.25, 0.3) is 0 Å². The number of hydrogen-bond acceptors (Lipinski definition) is 3. The second kappa shape index (κ2) is 3.85. The molecule has 13 heavy (non-hydrogen) atoms. The first-order valence-electron chi connectivity index (χ1n) is 3.53. The number of halogens is 3. The Balaban J connectivity index is 3.78. The molecule has 0 spiro atoms. The summed E-state index contributed by atoms with van der Waals surface area (Å²) in [5.74, 6) is 0. The molecule has 0 rings (SSSR count). The predicted octanol–water partition coefficient (Wildman–Crippen LogP) is 2.50. The molecule has 0 heterocycles. The van der Waals surface area contributed by atoms with E-state index >= 15 is 0 Å². The Kier molecular flexibility index (Phi) is 3.57. The van der Waals surface area contributed by atoms with Gasteiger partial charge < -0.3 is 9.47 Å². The van der Waals surface area contributed by atoms with Gasteiger partial charge in [0.15, 0.2) is 6.61 Å². The maximum Gasteiger partial charge on any atom is 0.509 e. The fourth-order valence-corrected chi connectivity index (χ4v) is 0.420. The van der Waals surface area contributed by atoms with Gasteiger partial charge in [-0.15, -0.1) is 0 Å².